The lowest BCUT2D eigenvalue weighted by atomic mass is 9.92. The number of pyridine rings is 2. The highest BCUT2D eigenvalue weighted by molar-refractivity contribution is 5.92. The Kier molecular flexibility index (Phi) is 17.9. The maximum Gasteiger partial charge on any atom is 0.321 e. The summed E-state index contributed by atoms with van der Waals surface area (Å²) in [6.45, 7) is 18.5. The van der Waals surface area contributed by atoms with Crippen LogP contribution in [0.3, 0.4) is 0 Å². The van der Waals surface area contributed by atoms with Gasteiger partial charge in [-0.25, -0.2) is 19.6 Å². The third-order valence-electron chi connectivity index (χ3n) is 13.8. The summed E-state index contributed by atoms with van der Waals surface area (Å²) in [6.07, 6.45) is 9.18. The van der Waals surface area contributed by atoms with Crippen LogP contribution < -0.4 is 21.3 Å². The summed E-state index contributed by atoms with van der Waals surface area (Å²) in [4.78, 5) is 39.2. The van der Waals surface area contributed by atoms with E-state index in [1.54, 1.807) is 0 Å². The molecule has 0 bridgehead atoms. The highest BCUT2D eigenvalue weighted by atomic mass is 16.5. The highest BCUT2D eigenvalue weighted by Crippen LogP contribution is 2.35. The Balaban J connectivity index is 0.000000201. The minimum Gasteiger partial charge on any atom is -0.394 e. The van der Waals surface area contributed by atoms with Crippen LogP contribution in [0.2, 0.25) is 0 Å². The van der Waals surface area contributed by atoms with Gasteiger partial charge in [0.25, 0.3) is 0 Å². The number of aromatic nitrogens is 2. The molecule has 4 amide bonds. The maximum atomic E-state index is 12.8. The first-order chi connectivity index (χ1) is 32.9. The second-order valence-electron chi connectivity index (χ2n) is 19.1. The average Bonchev–Trinajstić information content (AvgIpc) is 4.07. The van der Waals surface area contributed by atoms with E-state index in [1.807, 2.05) is 60.0 Å². The van der Waals surface area contributed by atoms with Crippen LogP contribution in [-0.2, 0) is 9.47 Å². The lowest BCUT2D eigenvalue weighted by Crippen LogP contribution is -2.32. The van der Waals surface area contributed by atoms with E-state index in [-0.39, 0.29) is 37.4 Å². The zero-order chi connectivity index (χ0) is 48.2. The van der Waals surface area contributed by atoms with Gasteiger partial charge in [0.05, 0.1) is 32.1 Å². The lowest BCUT2D eigenvalue weighted by molar-refractivity contribution is 0.0845. The molecule has 14 nitrogen and oxygen atoms in total. The summed E-state index contributed by atoms with van der Waals surface area (Å²) in [5.74, 6) is 3.03. The van der Waals surface area contributed by atoms with Crippen LogP contribution in [0.25, 0.3) is 27.8 Å². The quantitative estimate of drug-likeness (QED) is 0.0715. The number of urea groups is 2. The first kappa shape index (κ1) is 50.3. The highest BCUT2D eigenvalue weighted by Gasteiger charge is 2.27. The van der Waals surface area contributed by atoms with Crippen molar-refractivity contribution in [3.8, 4) is 22.3 Å². The number of nitrogens with zero attached hydrogens (tertiary/aromatic N) is 4. The molecule has 6 heterocycles. The van der Waals surface area contributed by atoms with E-state index in [0.29, 0.717) is 31.0 Å². The Labute approximate surface area is 403 Å². The molecule has 0 unspecified atom stereocenters. The normalized spacial score (nSPS) is 19.4. The van der Waals surface area contributed by atoms with Gasteiger partial charge in [-0.2, -0.15) is 0 Å². The average molecular weight is 931 g/mol. The van der Waals surface area contributed by atoms with E-state index in [9.17, 15) is 19.8 Å². The van der Waals surface area contributed by atoms with E-state index < -0.39 is 0 Å². The SMILES string of the molecule is CC[C@@H]1CCN(C(=O)Nc2ccc(C)c(-c3cc(N[C@H](C)CO)nc(C4=CCOCC4)c3)c2)C1.CC[C@@H]1CCN(C(=O)Nc2ccc(C)c(-c3cc(N[C@H](C)CO)nc(C4CCOCC4)c3)c2)C1. The van der Waals surface area contributed by atoms with Gasteiger partial charge in [-0.1, -0.05) is 44.9 Å². The Morgan fingerprint density at radius 3 is 1.71 bits per heavy atom. The molecule has 2 aromatic heterocycles. The van der Waals surface area contributed by atoms with Crippen molar-refractivity contribution in [2.45, 2.75) is 104 Å². The monoisotopic (exact) mass is 931 g/mol. The molecule has 4 aromatic rings. The molecule has 3 fully saturated rings. The first-order valence-corrected chi connectivity index (χ1v) is 24.9. The van der Waals surface area contributed by atoms with Crippen LogP contribution in [-0.4, -0.2) is 120 Å². The summed E-state index contributed by atoms with van der Waals surface area (Å²) in [5, 5.41) is 31.9. The summed E-state index contributed by atoms with van der Waals surface area (Å²) in [7, 11) is 0. The van der Waals surface area contributed by atoms with Crippen molar-refractivity contribution in [3.05, 3.63) is 89.3 Å². The summed E-state index contributed by atoms with van der Waals surface area (Å²) >= 11 is 0. The second-order valence-corrected chi connectivity index (χ2v) is 19.1. The zero-order valence-corrected chi connectivity index (χ0v) is 41.1. The molecule has 8 rings (SSSR count). The number of likely N-dealkylation sites (tertiary alicyclic amines) is 2. The lowest BCUT2D eigenvalue weighted by Gasteiger charge is -2.24. The molecule has 0 saturated carbocycles. The molecule has 0 aliphatic carbocycles. The standard InChI is InChI=1S/C27H38N4O3.C27H36N4O3/c2*1-4-20-7-10-31(16-20)27(33)29-23-6-5-18(2)24(15-23)22-13-25(21-8-11-34-12-9-21)30-26(14-22)28-19(3)17-32/h5-6,13-15,19-21,32H,4,7-12,16-17H2,1-3H3,(H,28,30)(H,29,33);5-6,8,13-15,19-20,32H,4,7,9-12,16-17H2,1-3H3,(H,28,30)(H,29,33)/t2*19-,20-/m11/s1. The Hall–Kier alpha value is -5.54. The number of aliphatic hydroxyl groups is 2. The fourth-order valence-electron chi connectivity index (χ4n) is 9.39. The molecule has 0 spiro atoms. The number of hydrogen-bond donors (Lipinski definition) is 6. The van der Waals surface area contributed by atoms with Gasteiger partial charge >= 0.3 is 12.1 Å². The van der Waals surface area contributed by atoms with Crippen LogP contribution >= 0.6 is 0 Å². The van der Waals surface area contributed by atoms with Crippen LogP contribution in [0.4, 0.5) is 32.6 Å². The van der Waals surface area contributed by atoms with Crippen LogP contribution in [0.15, 0.2) is 66.7 Å². The third-order valence-corrected chi connectivity index (χ3v) is 13.8. The van der Waals surface area contributed by atoms with Crippen molar-refractivity contribution < 1.29 is 29.3 Å². The molecule has 4 atom stereocenters. The molecule has 68 heavy (non-hydrogen) atoms. The minimum atomic E-state index is -0.113. The van der Waals surface area contributed by atoms with Crippen molar-refractivity contribution in [1.29, 1.82) is 0 Å². The van der Waals surface area contributed by atoms with Gasteiger partial charge < -0.3 is 50.8 Å². The molecule has 4 aliphatic heterocycles. The van der Waals surface area contributed by atoms with E-state index in [0.717, 1.165) is 158 Å². The third kappa shape index (κ3) is 13.4. The smallest absolute Gasteiger partial charge is 0.321 e. The summed E-state index contributed by atoms with van der Waals surface area (Å²) < 4.78 is 11.0. The molecule has 366 valence electrons. The second kappa shape index (κ2) is 24.1. The summed E-state index contributed by atoms with van der Waals surface area (Å²) in [5.41, 5.74) is 11.1. The molecule has 0 radical (unpaired) electrons. The van der Waals surface area contributed by atoms with Crippen molar-refractivity contribution in [2.24, 2.45) is 11.8 Å². The molecule has 4 aliphatic rings. The minimum absolute atomic E-state index is 0.0215. The Bertz CT molecular complexity index is 2370. The van der Waals surface area contributed by atoms with E-state index in [4.69, 9.17) is 19.4 Å². The van der Waals surface area contributed by atoms with E-state index >= 15 is 0 Å². The predicted molar refractivity (Wildman–Crippen MR) is 273 cm³/mol. The fourth-order valence-corrected chi connectivity index (χ4v) is 9.39. The fraction of sp³-hybridized carbons (Fsp3) is 0.519. The number of hydrogen-bond acceptors (Lipinski definition) is 10. The number of nitrogens with one attached hydrogen (secondary N) is 4. The van der Waals surface area contributed by atoms with Crippen molar-refractivity contribution in [1.82, 2.24) is 19.8 Å². The van der Waals surface area contributed by atoms with Crippen molar-refractivity contribution in [3.63, 3.8) is 0 Å². The Morgan fingerprint density at radius 2 is 1.22 bits per heavy atom. The van der Waals surface area contributed by atoms with Gasteiger partial charge in [0, 0.05) is 74.5 Å². The zero-order valence-electron chi connectivity index (χ0n) is 41.1. The topological polar surface area (TPSA) is 173 Å². The van der Waals surface area contributed by atoms with Crippen LogP contribution in [0, 0.1) is 25.7 Å². The molecular formula is C54H74N8O6. The Morgan fingerprint density at radius 1 is 0.691 bits per heavy atom. The van der Waals surface area contributed by atoms with Gasteiger partial charge in [0.2, 0.25) is 0 Å². The van der Waals surface area contributed by atoms with E-state index in [2.05, 4.69) is 79.3 Å². The molecule has 2 aromatic carbocycles. The number of carbonyl (C=O) groups excluding carboxylic acids is 2. The number of carbonyl (C=O) groups is 2. The first-order valence-electron chi connectivity index (χ1n) is 24.9. The molecular weight excluding hydrogens is 857 g/mol. The largest absolute Gasteiger partial charge is 0.394 e. The predicted octanol–water partition coefficient (Wildman–Crippen LogP) is 9.92. The molecule has 14 heteroatoms. The van der Waals surface area contributed by atoms with Crippen LogP contribution in [0.1, 0.15) is 101 Å². The number of rotatable bonds is 14. The van der Waals surface area contributed by atoms with Gasteiger partial charge in [-0.15, -0.1) is 0 Å². The number of aliphatic hydroxyl groups excluding tert-OH is 2. The number of aryl methyl sites for hydroxylation is 2. The number of benzene rings is 2. The van der Waals surface area contributed by atoms with Crippen molar-refractivity contribution in [2.75, 3.05) is 87.1 Å². The van der Waals surface area contributed by atoms with Gasteiger partial charge in [-0.3, -0.25) is 0 Å². The van der Waals surface area contributed by atoms with Gasteiger partial charge in [-0.05, 0) is 159 Å². The number of anilines is 4. The van der Waals surface area contributed by atoms with E-state index in [1.165, 1.54) is 0 Å². The molecule has 3 saturated heterocycles. The molecule has 6 N–H and O–H groups in total. The maximum absolute atomic E-state index is 12.8. The number of ether oxygens (including phenoxy) is 2. The van der Waals surface area contributed by atoms with Gasteiger partial charge in [0.15, 0.2) is 0 Å². The van der Waals surface area contributed by atoms with Crippen LogP contribution in [0.5, 0.6) is 0 Å². The number of amides is 4. The van der Waals surface area contributed by atoms with Gasteiger partial charge in [0.1, 0.15) is 11.6 Å². The van der Waals surface area contributed by atoms with Crippen molar-refractivity contribution >= 4 is 40.6 Å². The summed E-state index contributed by atoms with van der Waals surface area (Å²) in [6, 6.07) is 20.2.